The lowest BCUT2D eigenvalue weighted by Crippen LogP contribution is -2.41. The summed E-state index contributed by atoms with van der Waals surface area (Å²) >= 11 is 0. The van der Waals surface area contributed by atoms with Gasteiger partial charge in [0.15, 0.2) is 5.96 Å². The van der Waals surface area contributed by atoms with Gasteiger partial charge in [0.2, 0.25) is 0 Å². The second-order valence-electron chi connectivity index (χ2n) is 5.67. The topological polar surface area (TPSA) is 79.9 Å². The van der Waals surface area contributed by atoms with Gasteiger partial charge in [0.05, 0.1) is 12.6 Å². The van der Waals surface area contributed by atoms with Gasteiger partial charge in [-0.05, 0) is 30.5 Å². The summed E-state index contributed by atoms with van der Waals surface area (Å²) in [6, 6.07) is 6.29. The zero-order chi connectivity index (χ0) is 16.7. The van der Waals surface area contributed by atoms with E-state index in [2.05, 4.69) is 15.0 Å². The second kappa shape index (κ2) is 10.7. The molecule has 0 aromatic heterocycles. The number of nitrogens with zero attached hydrogens (tertiary/aromatic N) is 1. The summed E-state index contributed by atoms with van der Waals surface area (Å²) in [5, 5.41) is 13.3. The van der Waals surface area contributed by atoms with Crippen LogP contribution in [0.2, 0.25) is 0 Å². The lowest BCUT2D eigenvalue weighted by atomic mass is 9.96. The molecule has 136 valence electrons. The third-order valence-corrected chi connectivity index (χ3v) is 3.86. The summed E-state index contributed by atoms with van der Waals surface area (Å²) < 4.78 is 28.7. The minimum atomic E-state index is -2.89. The van der Waals surface area contributed by atoms with Crippen molar-refractivity contribution >= 4 is 29.9 Å². The van der Waals surface area contributed by atoms with E-state index < -0.39 is 12.7 Å². The maximum Gasteiger partial charge on any atom is 0.387 e. The SMILES string of the molecule is I.NC(=NCC(O)c1cccc(OC(F)F)c1)NC1CCCCC1. The minimum Gasteiger partial charge on any atom is -0.435 e. The molecule has 1 aliphatic rings. The molecule has 0 saturated heterocycles. The Hall–Kier alpha value is -1.16. The predicted molar refractivity (Wildman–Crippen MR) is 99.9 cm³/mol. The first kappa shape index (κ1) is 20.9. The molecule has 0 radical (unpaired) electrons. The fourth-order valence-electron chi connectivity index (χ4n) is 2.69. The molecule has 1 aliphatic carbocycles. The van der Waals surface area contributed by atoms with Crippen LogP contribution in [0.25, 0.3) is 0 Å². The van der Waals surface area contributed by atoms with Crippen molar-refractivity contribution in [1.29, 1.82) is 0 Å². The fourth-order valence-corrected chi connectivity index (χ4v) is 2.69. The average molecular weight is 455 g/mol. The van der Waals surface area contributed by atoms with Crippen molar-refractivity contribution in [3.8, 4) is 5.75 Å². The molecule has 8 heteroatoms. The number of hydrogen-bond acceptors (Lipinski definition) is 3. The van der Waals surface area contributed by atoms with Crippen LogP contribution in [-0.4, -0.2) is 30.3 Å². The number of benzene rings is 1. The molecule has 4 N–H and O–H groups in total. The van der Waals surface area contributed by atoms with E-state index in [1.54, 1.807) is 12.1 Å². The minimum absolute atomic E-state index is 0. The third kappa shape index (κ3) is 7.16. The average Bonchev–Trinajstić information content (AvgIpc) is 2.53. The van der Waals surface area contributed by atoms with Gasteiger partial charge in [0.1, 0.15) is 5.75 Å². The van der Waals surface area contributed by atoms with E-state index in [9.17, 15) is 13.9 Å². The van der Waals surface area contributed by atoms with Gasteiger partial charge in [-0.15, -0.1) is 24.0 Å². The first-order valence-electron chi connectivity index (χ1n) is 7.84. The number of hydrogen-bond donors (Lipinski definition) is 3. The van der Waals surface area contributed by atoms with E-state index in [1.165, 1.54) is 31.4 Å². The zero-order valence-electron chi connectivity index (χ0n) is 13.3. The van der Waals surface area contributed by atoms with Crippen LogP contribution in [0.4, 0.5) is 8.78 Å². The highest BCUT2D eigenvalue weighted by molar-refractivity contribution is 14.0. The number of aliphatic hydroxyl groups is 1. The summed E-state index contributed by atoms with van der Waals surface area (Å²) in [6.45, 7) is -2.83. The van der Waals surface area contributed by atoms with Gasteiger partial charge in [-0.3, -0.25) is 4.99 Å². The molecule has 0 aliphatic heterocycles. The number of rotatable bonds is 6. The summed E-state index contributed by atoms with van der Waals surface area (Å²) in [4.78, 5) is 4.13. The molecule has 1 aromatic carbocycles. The van der Waals surface area contributed by atoms with Crippen LogP contribution in [0, 0.1) is 0 Å². The molecule has 0 heterocycles. The van der Waals surface area contributed by atoms with E-state index in [1.807, 2.05) is 0 Å². The maximum atomic E-state index is 12.2. The number of nitrogens with one attached hydrogen (secondary N) is 1. The Labute approximate surface area is 157 Å². The number of nitrogens with two attached hydrogens (primary N) is 1. The van der Waals surface area contributed by atoms with Crippen LogP contribution in [0.3, 0.4) is 0 Å². The molecule has 1 aromatic rings. The van der Waals surface area contributed by atoms with Gasteiger partial charge >= 0.3 is 6.61 Å². The molecule has 1 fully saturated rings. The standard InChI is InChI=1S/C16H23F2N3O2.HI/c17-15(18)23-13-8-4-5-11(9-13)14(22)10-20-16(19)21-12-6-2-1-3-7-12;/h4-5,8-9,12,14-15,22H,1-3,6-7,10H2,(H3,19,20,21);1H. The monoisotopic (exact) mass is 455 g/mol. The van der Waals surface area contributed by atoms with Gasteiger partial charge in [0.25, 0.3) is 0 Å². The zero-order valence-corrected chi connectivity index (χ0v) is 15.7. The Morgan fingerprint density at radius 3 is 2.71 bits per heavy atom. The molecule has 5 nitrogen and oxygen atoms in total. The van der Waals surface area contributed by atoms with Gasteiger partial charge in [-0.25, -0.2) is 0 Å². The number of aliphatic imine (C=N–C) groups is 1. The first-order valence-corrected chi connectivity index (χ1v) is 7.84. The Morgan fingerprint density at radius 2 is 2.04 bits per heavy atom. The van der Waals surface area contributed by atoms with Gasteiger partial charge in [0, 0.05) is 6.04 Å². The number of ether oxygens (including phenoxy) is 1. The Balaban J connectivity index is 0.00000288. The van der Waals surface area contributed by atoms with Crippen LogP contribution in [-0.2, 0) is 0 Å². The van der Waals surface area contributed by atoms with Crippen molar-refractivity contribution in [2.45, 2.75) is 50.9 Å². The van der Waals surface area contributed by atoms with Crippen LogP contribution in [0.15, 0.2) is 29.3 Å². The largest absolute Gasteiger partial charge is 0.435 e. The fraction of sp³-hybridized carbons (Fsp3) is 0.562. The summed E-state index contributed by atoms with van der Waals surface area (Å²) in [7, 11) is 0. The summed E-state index contributed by atoms with van der Waals surface area (Å²) in [6.07, 6.45) is 4.85. The Morgan fingerprint density at radius 1 is 1.33 bits per heavy atom. The van der Waals surface area contributed by atoms with E-state index in [0.29, 0.717) is 17.6 Å². The highest BCUT2D eigenvalue weighted by Crippen LogP contribution is 2.21. The van der Waals surface area contributed by atoms with Crippen molar-refractivity contribution in [2.75, 3.05) is 6.54 Å². The summed E-state index contributed by atoms with van der Waals surface area (Å²) in [5.74, 6) is 0.310. The predicted octanol–water partition coefficient (Wildman–Crippen LogP) is 3.18. The van der Waals surface area contributed by atoms with Gasteiger partial charge in [-0.1, -0.05) is 31.4 Å². The molecule has 0 spiro atoms. The lowest BCUT2D eigenvalue weighted by molar-refractivity contribution is -0.0499. The van der Waals surface area contributed by atoms with Crippen LogP contribution >= 0.6 is 24.0 Å². The van der Waals surface area contributed by atoms with Gasteiger partial charge < -0.3 is 20.9 Å². The van der Waals surface area contributed by atoms with Crippen molar-refractivity contribution in [3.63, 3.8) is 0 Å². The molecule has 1 saturated carbocycles. The van der Waals surface area contributed by atoms with Crippen molar-refractivity contribution in [2.24, 2.45) is 10.7 Å². The molecule has 1 atom stereocenters. The normalized spacial score (nSPS) is 17.2. The number of alkyl halides is 2. The van der Waals surface area contributed by atoms with Crippen LogP contribution < -0.4 is 15.8 Å². The number of aliphatic hydroxyl groups excluding tert-OH is 1. The van der Waals surface area contributed by atoms with E-state index in [4.69, 9.17) is 5.73 Å². The van der Waals surface area contributed by atoms with Crippen LogP contribution in [0.1, 0.15) is 43.8 Å². The van der Waals surface area contributed by atoms with Crippen molar-refractivity contribution in [1.82, 2.24) is 5.32 Å². The Kier molecular flexibility index (Phi) is 9.27. The second-order valence-corrected chi connectivity index (χ2v) is 5.67. The smallest absolute Gasteiger partial charge is 0.387 e. The molecule has 1 unspecified atom stereocenters. The van der Waals surface area contributed by atoms with Crippen LogP contribution in [0.5, 0.6) is 5.75 Å². The Bertz CT molecular complexity index is 526. The van der Waals surface area contributed by atoms with E-state index in [-0.39, 0.29) is 36.3 Å². The molecular formula is C16H24F2IN3O2. The van der Waals surface area contributed by atoms with E-state index in [0.717, 1.165) is 12.8 Å². The molecule has 2 rings (SSSR count). The van der Waals surface area contributed by atoms with Gasteiger partial charge in [-0.2, -0.15) is 8.78 Å². The van der Waals surface area contributed by atoms with Crippen molar-refractivity contribution in [3.05, 3.63) is 29.8 Å². The van der Waals surface area contributed by atoms with E-state index >= 15 is 0 Å². The summed E-state index contributed by atoms with van der Waals surface area (Å²) in [5.41, 5.74) is 6.29. The lowest BCUT2D eigenvalue weighted by Gasteiger charge is -2.23. The molecule has 0 amide bonds. The molecular weight excluding hydrogens is 431 g/mol. The number of halogens is 3. The third-order valence-electron chi connectivity index (χ3n) is 3.86. The van der Waals surface area contributed by atoms with Crippen molar-refractivity contribution < 1.29 is 18.6 Å². The quantitative estimate of drug-likeness (QED) is 0.350. The highest BCUT2D eigenvalue weighted by atomic mass is 127. The highest BCUT2D eigenvalue weighted by Gasteiger charge is 2.14. The maximum absolute atomic E-state index is 12.2. The molecule has 0 bridgehead atoms. The first-order chi connectivity index (χ1) is 11.0. The number of guanidine groups is 1. The molecule has 24 heavy (non-hydrogen) atoms.